The Kier molecular flexibility index (Phi) is 4.92. The molecule has 31 heavy (non-hydrogen) atoms. The summed E-state index contributed by atoms with van der Waals surface area (Å²) < 4.78 is 0. The number of pyridine rings is 1. The van der Waals surface area contributed by atoms with E-state index in [0.29, 0.717) is 22.9 Å². The molecule has 1 fully saturated rings. The van der Waals surface area contributed by atoms with Crippen LogP contribution in [0.15, 0.2) is 84.9 Å². The first kappa shape index (κ1) is 19.0. The fourth-order valence-corrected chi connectivity index (χ4v) is 3.52. The SMILES string of the molecule is O=C(NC1CC1)c1ccc(NC(=O)c2cc(-c3ccccc3)nc3ccccc23)cc1. The van der Waals surface area contributed by atoms with Crippen LogP contribution in [0.2, 0.25) is 0 Å². The van der Waals surface area contributed by atoms with Crippen LogP contribution < -0.4 is 10.6 Å². The summed E-state index contributed by atoms with van der Waals surface area (Å²) >= 11 is 0. The lowest BCUT2D eigenvalue weighted by Crippen LogP contribution is -2.25. The Balaban J connectivity index is 1.43. The van der Waals surface area contributed by atoms with Gasteiger partial charge in [-0.2, -0.15) is 0 Å². The van der Waals surface area contributed by atoms with E-state index in [-0.39, 0.29) is 11.8 Å². The molecule has 3 aromatic carbocycles. The number of hydrogen-bond donors (Lipinski definition) is 2. The first-order valence-corrected chi connectivity index (χ1v) is 10.3. The topological polar surface area (TPSA) is 71.1 Å². The summed E-state index contributed by atoms with van der Waals surface area (Å²) in [4.78, 5) is 30.1. The van der Waals surface area contributed by atoms with Crippen LogP contribution in [0.25, 0.3) is 22.2 Å². The number of aromatic nitrogens is 1. The fourth-order valence-electron chi connectivity index (χ4n) is 3.52. The number of nitrogens with one attached hydrogen (secondary N) is 2. The van der Waals surface area contributed by atoms with Crippen molar-refractivity contribution in [2.24, 2.45) is 0 Å². The van der Waals surface area contributed by atoms with Gasteiger partial charge in [0, 0.05) is 28.2 Å². The molecule has 5 nitrogen and oxygen atoms in total. The second-order valence-electron chi connectivity index (χ2n) is 7.72. The van der Waals surface area contributed by atoms with E-state index in [1.54, 1.807) is 24.3 Å². The third-order valence-electron chi connectivity index (χ3n) is 5.35. The average Bonchev–Trinajstić information content (AvgIpc) is 3.63. The molecule has 2 N–H and O–H groups in total. The third kappa shape index (κ3) is 4.16. The highest BCUT2D eigenvalue weighted by atomic mass is 16.2. The van der Waals surface area contributed by atoms with Gasteiger partial charge in [-0.3, -0.25) is 9.59 Å². The summed E-state index contributed by atoms with van der Waals surface area (Å²) in [6.07, 6.45) is 2.09. The van der Waals surface area contributed by atoms with Gasteiger partial charge in [-0.1, -0.05) is 48.5 Å². The molecule has 1 heterocycles. The molecule has 0 unspecified atom stereocenters. The van der Waals surface area contributed by atoms with Gasteiger partial charge in [0.25, 0.3) is 11.8 Å². The highest BCUT2D eigenvalue weighted by Gasteiger charge is 2.23. The molecule has 0 saturated heterocycles. The Hall–Kier alpha value is -3.99. The zero-order valence-electron chi connectivity index (χ0n) is 16.8. The molecule has 5 heteroatoms. The Morgan fingerprint density at radius 3 is 2.26 bits per heavy atom. The molecule has 2 amide bonds. The van der Waals surface area contributed by atoms with E-state index in [4.69, 9.17) is 4.98 Å². The monoisotopic (exact) mass is 407 g/mol. The predicted molar refractivity (Wildman–Crippen MR) is 122 cm³/mol. The largest absolute Gasteiger partial charge is 0.349 e. The number of anilines is 1. The predicted octanol–water partition coefficient (Wildman–Crippen LogP) is 5.05. The molecular formula is C26H21N3O2. The first-order chi connectivity index (χ1) is 15.2. The minimum absolute atomic E-state index is 0.0759. The molecule has 0 spiro atoms. The molecule has 152 valence electrons. The maximum absolute atomic E-state index is 13.2. The van der Waals surface area contributed by atoms with Gasteiger partial charge >= 0.3 is 0 Å². The van der Waals surface area contributed by atoms with Crippen LogP contribution >= 0.6 is 0 Å². The molecule has 0 aliphatic heterocycles. The van der Waals surface area contributed by atoms with Crippen molar-refractivity contribution in [2.45, 2.75) is 18.9 Å². The van der Waals surface area contributed by atoms with Crippen molar-refractivity contribution < 1.29 is 9.59 Å². The second kappa shape index (κ2) is 8.03. The second-order valence-corrected chi connectivity index (χ2v) is 7.72. The van der Waals surface area contributed by atoms with Crippen LogP contribution in [0.4, 0.5) is 5.69 Å². The Labute approximate surface area is 180 Å². The lowest BCUT2D eigenvalue weighted by Gasteiger charge is -2.11. The van der Waals surface area contributed by atoms with Crippen molar-refractivity contribution in [3.63, 3.8) is 0 Å². The number of rotatable bonds is 5. The van der Waals surface area contributed by atoms with E-state index >= 15 is 0 Å². The highest BCUT2D eigenvalue weighted by molar-refractivity contribution is 6.13. The molecule has 1 saturated carbocycles. The smallest absolute Gasteiger partial charge is 0.256 e. The number of benzene rings is 3. The minimum atomic E-state index is -0.217. The summed E-state index contributed by atoms with van der Waals surface area (Å²) in [5, 5.41) is 6.71. The maximum atomic E-state index is 13.2. The molecule has 0 atom stereocenters. The molecule has 0 radical (unpaired) electrons. The summed E-state index contributed by atoms with van der Waals surface area (Å²) in [6.45, 7) is 0. The first-order valence-electron chi connectivity index (χ1n) is 10.3. The van der Waals surface area contributed by atoms with Crippen molar-refractivity contribution in [3.8, 4) is 11.3 Å². The van der Waals surface area contributed by atoms with Crippen molar-refractivity contribution in [1.29, 1.82) is 0 Å². The normalized spacial score (nSPS) is 13.0. The van der Waals surface area contributed by atoms with Crippen molar-refractivity contribution in [2.75, 3.05) is 5.32 Å². The van der Waals surface area contributed by atoms with Gasteiger partial charge in [0.15, 0.2) is 0 Å². The van der Waals surface area contributed by atoms with Crippen molar-refractivity contribution >= 4 is 28.4 Å². The standard InChI is InChI=1S/C26H21N3O2/c30-25(27-20-14-15-20)18-10-12-19(13-11-18)28-26(31)22-16-24(17-6-2-1-3-7-17)29-23-9-5-4-8-21(22)23/h1-13,16,20H,14-15H2,(H,27,30)(H,28,31). The molecular weight excluding hydrogens is 386 g/mol. The van der Waals surface area contributed by atoms with Gasteiger partial charge in [0.1, 0.15) is 0 Å². The van der Waals surface area contributed by atoms with Crippen LogP contribution in [0.1, 0.15) is 33.6 Å². The Bertz CT molecular complexity index is 1260. The number of nitrogens with zero attached hydrogens (tertiary/aromatic N) is 1. The van der Waals surface area contributed by atoms with E-state index in [2.05, 4.69) is 10.6 Å². The number of carbonyl (C=O) groups is 2. The van der Waals surface area contributed by atoms with E-state index < -0.39 is 0 Å². The summed E-state index contributed by atoms with van der Waals surface area (Å²) in [6, 6.07) is 26.5. The fraction of sp³-hybridized carbons (Fsp3) is 0.115. The average molecular weight is 407 g/mol. The number of hydrogen-bond acceptors (Lipinski definition) is 3. The third-order valence-corrected chi connectivity index (χ3v) is 5.35. The Morgan fingerprint density at radius 2 is 1.52 bits per heavy atom. The zero-order valence-corrected chi connectivity index (χ0v) is 16.8. The van der Waals surface area contributed by atoms with Crippen LogP contribution in [0.3, 0.4) is 0 Å². The minimum Gasteiger partial charge on any atom is -0.349 e. The van der Waals surface area contributed by atoms with Crippen LogP contribution in [-0.2, 0) is 0 Å². The van der Waals surface area contributed by atoms with Gasteiger partial charge < -0.3 is 10.6 Å². The number of fused-ring (bicyclic) bond motifs is 1. The van der Waals surface area contributed by atoms with Gasteiger partial charge in [0.2, 0.25) is 0 Å². The molecule has 1 aliphatic rings. The van der Waals surface area contributed by atoms with E-state index in [1.165, 1.54) is 0 Å². The summed E-state index contributed by atoms with van der Waals surface area (Å²) in [7, 11) is 0. The Morgan fingerprint density at radius 1 is 0.806 bits per heavy atom. The molecule has 1 aromatic heterocycles. The van der Waals surface area contributed by atoms with Gasteiger partial charge in [-0.05, 0) is 49.2 Å². The quantitative estimate of drug-likeness (QED) is 0.487. The lowest BCUT2D eigenvalue weighted by atomic mass is 10.0. The molecule has 0 bridgehead atoms. The van der Waals surface area contributed by atoms with Crippen LogP contribution in [-0.4, -0.2) is 22.8 Å². The van der Waals surface area contributed by atoms with Gasteiger partial charge in [-0.25, -0.2) is 4.98 Å². The van der Waals surface area contributed by atoms with E-state index in [9.17, 15) is 9.59 Å². The van der Waals surface area contributed by atoms with E-state index in [1.807, 2.05) is 60.7 Å². The molecule has 1 aliphatic carbocycles. The summed E-state index contributed by atoms with van der Waals surface area (Å²) in [5.41, 5.74) is 4.24. The lowest BCUT2D eigenvalue weighted by molar-refractivity contribution is 0.0950. The van der Waals surface area contributed by atoms with Crippen molar-refractivity contribution in [3.05, 3.63) is 96.1 Å². The highest BCUT2D eigenvalue weighted by Crippen LogP contribution is 2.26. The molecule has 5 rings (SSSR count). The summed E-state index contributed by atoms with van der Waals surface area (Å²) in [5.74, 6) is -0.293. The van der Waals surface area contributed by atoms with E-state index in [0.717, 1.165) is 35.0 Å². The number of carbonyl (C=O) groups excluding carboxylic acids is 2. The maximum Gasteiger partial charge on any atom is 0.256 e. The zero-order chi connectivity index (χ0) is 21.2. The van der Waals surface area contributed by atoms with Crippen LogP contribution in [0.5, 0.6) is 0 Å². The molecule has 4 aromatic rings. The van der Waals surface area contributed by atoms with Crippen LogP contribution in [0, 0.1) is 0 Å². The number of para-hydroxylation sites is 1. The van der Waals surface area contributed by atoms with Crippen molar-refractivity contribution in [1.82, 2.24) is 10.3 Å². The van der Waals surface area contributed by atoms with Gasteiger partial charge in [-0.15, -0.1) is 0 Å². The van der Waals surface area contributed by atoms with Gasteiger partial charge in [0.05, 0.1) is 16.8 Å². The number of amides is 2.